The Morgan fingerprint density at radius 2 is 2.15 bits per heavy atom. The standard InChI is InChI=1S/C9H16N2O2/c1-3-10(2)8-9(12)11-4-6-13-7-5-11/h1H,3-8H2,2H3. The van der Waals surface area contributed by atoms with Crippen LogP contribution in [0, 0.1) is 6.92 Å². The highest BCUT2D eigenvalue weighted by atomic mass is 16.5. The third kappa shape index (κ3) is 3.32. The topological polar surface area (TPSA) is 32.8 Å². The van der Waals surface area contributed by atoms with Crippen LogP contribution >= 0.6 is 0 Å². The van der Waals surface area contributed by atoms with Gasteiger partial charge in [0.05, 0.1) is 19.8 Å². The second-order valence-electron chi connectivity index (χ2n) is 3.19. The molecule has 1 aliphatic rings. The van der Waals surface area contributed by atoms with Crippen LogP contribution in [0.1, 0.15) is 0 Å². The number of hydrogen-bond donors (Lipinski definition) is 0. The molecule has 13 heavy (non-hydrogen) atoms. The zero-order valence-corrected chi connectivity index (χ0v) is 8.03. The Balaban J connectivity index is 2.29. The number of carbonyl (C=O) groups is 1. The van der Waals surface area contributed by atoms with Crippen molar-refractivity contribution in [3.63, 3.8) is 0 Å². The normalized spacial score (nSPS) is 17.9. The Morgan fingerprint density at radius 1 is 1.54 bits per heavy atom. The molecule has 4 nitrogen and oxygen atoms in total. The molecule has 0 spiro atoms. The van der Waals surface area contributed by atoms with Crippen LogP contribution < -0.4 is 0 Å². The number of likely N-dealkylation sites (N-methyl/N-ethyl adjacent to an activating group) is 1. The fourth-order valence-electron chi connectivity index (χ4n) is 1.21. The second-order valence-corrected chi connectivity index (χ2v) is 3.19. The van der Waals surface area contributed by atoms with Crippen LogP contribution in [0.4, 0.5) is 0 Å². The van der Waals surface area contributed by atoms with E-state index in [1.54, 1.807) is 4.90 Å². The summed E-state index contributed by atoms with van der Waals surface area (Å²) >= 11 is 0. The lowest BCUT2D eigenvalue weighted by Crippen LogP contribution is -2.45. The lowest BCUT2D eigenvalue weighted by atomic mass is 10.4. The first-order valence-electron chi connectivity index (χ1n) is 4.48. The van der Waals surface area contributed by atoms with Crippen LogP contribution in [0.5, 0.6) is 0 Å². The zero-order chi connectivity index (χ0) is 9.68. The van der Waals surface area contributed by atoms with Crippen molar-refractivity contribution in [2.24, 2.45) is 0 Å². The molecule has 0 bridgehead atoms. The molecule has 1 rings (SSSR count). The lowest BCUT2D eigenvalue weighted by molar-refractivity contribution is -0.136. The van der Waals surface area contributed by atoms with E-state index in [4.69, 9.17) is 11.7 Å². The van der Waals surface area contributed by atoms with Crippen molar-refractivity contribution in [1.29, 1.82) is 0 Å². The van der Waals surface area contributed by atoms with E-state index in [9.17, 15) is 4.79 Å². The highest BCUT2D eigenvalue weighted by Gasteiger charge is 2.17. The second kappa shape index (κ2) is 5.19. The smallest absolute Gasteiger partial charge is 0.236 e. The number of amides is 1. The maximum absolute atomic E-state index is 11.5. The monoisotopic (exact) mass is 184 g/mol. The number of rotatable bonds is 3. The minimum atomic E-state index is 0.135. The lowest BCUT2D eigenvalue weighted by Gasteiger charge is -2.28. The largest absolute Gasteiger partial charge is 0.378 e. The summed E-state index contributed by atoms with van der Waals surface area (Å²) in [5, 5.41) is 0. The molecular formula is C9H16N2O2. The fourth-order valence-corrected chi connectivity index (χ4v) is 1.21. The fraction of sp³-hybridized carbons (Fsp3) is 0.778. The first kappa shape index (κ1) is 10.5. The van der Waals surface area contributed by atoms with Gasteiger partial charge in [0.1, 0.15) is 0 Å². The van der Waals surface area contributed by atoms with Crippen LogP contribution in [0.15, 0.2) is 0 Å². The van der Waals surface area contributed by atoms with E-state index >= 15 is 0 Å². The van der Waals surface area contributed by atoms with Crippen molar-refractivity contribution in [3.8, 4) is 0 Å². The van der Waals surface area contributed by atoms with E-state index in [0.29, 0.717) is 39.4 Å². The average Bonchev–Trinajstić information content (AvgIpc) is 2.19. The Bertz CT molecular complexity index is 167. The highest BCUT2D eigenvalue weighted by molar-refractivity contribution is 5.78. The van der Waals surface area contributed by atoms with Gasteiger partial charge in [-0.05, 0) is 14.0 Å². The molecule has 0 aromatic rings. The Labute approximate surface area is 79.4 Å². The average molecular weight is 184 g/mol. The molecule has 74 valence electrons. The van der Waals surface area contributed by atoms with Gasteiger partial charge in [-0.25, -0.2) is 0 Å². The summed E-state index contributed by atoms with van der Waals surface area (Å²) in [6.45, 7) is 8.91. The molecule has 1 aliphatic heterocycles. The molecule has 1 amide bonds. The number of nitrogens with zero attached hydrogens (tertiary/aromatic N) is 2. The minimum absolute atomic E-state index is 0.135. The van der Waals surface area contributed by atoms with Gasteiger partial charge in [0.15, 0.2) is 0 Å². The quantitative estimate of drug-likeness (QED) is 0.592. The van der Waals surface area contributed by atoms with Gasteiger partial charge >= 0.3 is 0 Å². The molecule has 0 aliphatic carbocycles. The van der Waals surface area contributed by atoms with E-state index in [2.05, 4.69) is 0 Å². The van der Waals surface area contributed by atoms with Gasteiger partial charge in [0, 0.05) is 19.6 Å². The summed E-state index contributed by atoms with van der Waals surface area (Å²) < 4.78 is 5.15. The van der Waals surface area contributed by atoms with E-state index < -0.39 is 0 Å². The minimum Gasteiger partial charge on any atom is -0.378 e. The number of morpholine rings is 1. The summed E-state index contributed by atoms with van der Waals surface area (Å²) in [6.07, 6.45) is 0. The molecule has 0 N–H and O–H groups in total. The molecule has 1 fully saturated rings. The molecule has 1 heterocycles. The Kier molecular flexibility index (Phi) is 4.18. The number of hydrogen-bond acceptors (Lipinski definition) is 3. The molecule has 2 radical (unpaired) electrons. The van der Waals surface area contributed by atoms with Crippen molar-refractivity contribution < 1.29 is 9.53 Å². The van der Waals surface area contributed by atoms with Gasteiger partial charge in [0.25, 0.3) is 0 Å². The van der Waals surface area contributed by atoms with Crippen LogP contribution in [0.3, 0.4) is 0 Å². The molecule has 4 heteroatoms. The van der Waals surface area contributed by atoms with Gasteiger partial charge < -0.3 is 9.64 Å². The SMILES string of the molecule is [CH]CN(C)CC(=O)N1CCOCC1. The van der Waals surface area contributed by atoms with Crippen molar-refractivity contribution in [3.05, 3.63) is 6.92 Å². The van der Waals surface area contributed by atoms with E-state index in [1.807, 2.05) is 11.9 Å². The van der Waals surface area contributed by atoms with Crippen molar-refractivity contribution in [1.82, 2.24) is 9.80 Å². The molecule has 0 atom stereocenters. The number of ether oxygens (including phenoxy) is 1. The first-order chi connectivity index (χ1) is 6.24. The molecule has 1 saturated heterocycles. The molecule has 0 saturated carbocycles. The Morgan fingerprint density at radius 3 is 2.69 bits per heavy atom. The molecular weight excluding hydrogens is 168 g/mol. The van der Waals surface area contributed by atoms with Crippen LogP contribution in [0.2, 0.25) is 0 Å². The first-order valence-corrected chi connectivity index (χ1v) is 4.48. The third-order valence-corrected chi connectivity index (χ3v) is 2.08. The van der Waals surface area contributed by atoms with Gasteiger partial charge in [-0.2, -0.15) is 0 Å². The molecule has 0 unspecified atom stereocenters. The van der Waals surface area contributed by atoms with Gasteiger partial charge in [0.2, 0.25) is 5.91 Å². The van der Waals surface area contributed by atoms with Crippen LogP contribution in [-0.2, 0) is 9.53 Å². The van der Waals surface area contributed by atoms with Crippen molar-refractivity contribution in [2.45, 2.75) is 0 Å². The Hall–Kier alpha value is -0.610. The summed E-state index contributed by atoms with van der Waals surface area (Å²) in [5.74, 6) is 0.135. The number of carbonyl (C=O) groups excluding carboxylic acids is 1. The summed E-state index contributed by atoms with van der Waals surface area (Å²) in [6, 6.07) is 0. The van der Waals surface area contributed by atoms with Gasteiger partial charge in [-0.1, -0.05) is 0 Å². The maximum Gasteiger partial charge on any atom is 0.236 e. The maximum atomic E-state index is 11.5. The predicted octanol–water partition coefficient (Wildman–Crippen LogP) is -0.512. The third-order valence-electron chi connectivity index (χ3n) is 2.08. The molecule has 0 aromatic heterocycles. The van der Waals surface area contributed by atoms with E-state index in [-0.39, 0.29) is 5.91 Å². The molecule has 0 aromatic carbocycles. The summed E-state index contributed by atoms with van der Waals surface area (Å²) in [5.41, 5.74) is 0. The summed E-state index contributed by atoms with van der Waals surface area (Å²) in [4.78, 5) is 15.1. The van der Waals surface area contributed by atoms with Gasteiger partial charge in [-0.15, -0.1) is 0 Å². The highest BCUT2D eigenvalue weighted by Crippen LogP contribution is 1.98. The van der Waals surface area contributed by atoms with Crippen molar-refractivity contribution >= 4 is 5.91 Å². The summed E-state index contributed by atoms with van der Waals surface area (Å²) in [7, 11) is 1.83. The van der Waals surface area contributed by atoms with Crippen LogP contribution in [-0.4, -0.2) is 62.1 Å². The van der Waals surface area contributed by atoms with Crippen molar-refractivity contribution in [2.75, 3.05) is 46.4 Å². The zero-order valence-electron chi connectivity index (χ0n) is 8.03. The van der Waals surface area contributed by atoms with E-state index in [1.165, 1.54) is 0 Å². The predicted molar refractivity (Wildman–Crippen MR) is 49.2 cm³/mol. The van der Waals surface area contributed by atoms with Crippen LogP contribution in [0.25, 0.3) is 0 Å². The van der Waals surface area contributed by atoms with Gasteiger partial charge in [-0.3, -0.25) is 9.69 Å². The van der Waals surface area contributed by atoms with E-state index in [0.717, 1.165) is 0 Å².